The van der Waals surface area contributed by atoms with Crippen molar-refractivity contribution in [1.29, 1.82) is 0 Å². The summed E-state index contributed by atoms with van der Waals surface area (Å²) >= 11 is 0. The van der Waals surface area contributed by atoms with Gasteiger partial charge in [0.25, 0.3) is 0 Å². The first-order chi connectivity index (χ1) is 14.1. The SMILES string of the molecule is CN=C(NCCCc1c(C)noc1C)NC1CCN(Cc2ccccc2)C(C)C1. The highest BCUT2D eigenvalue weighted by molar-refractivity contribution is 5.79. The quantitative estimate of drug-likeness (QED) is 0.426. The normalized spacial score (nSPS) is 20.6. The van der Waals surface area contributed by atoms with E-state index in [4.69, 9.17) is 4.52 Å². The van der Waals surface area contributed by atoms with Gasteiger partial charge in [0, 0.05) is 44.3 Å². The van der Waals surface area contributed by atoms with Crippen LogP contribution >= 0.6 is 0 Å². The number of nitrogens with one attached hydrogen (secondary N) is 2. The van der Waals surface area contributed by atoms with Crippen molar-refractivity contribution >= 4 is 5.96 Å². The molecule has 1 aromatic carbocycles. The van der Waals surface area contributed by atoms with E-state index in [1.807, 2.05) is 20.9 Å². The van der Waals surface area contributed by atoms with E-state index in [-0.39, 0.29) is 0 Å². The van der Waals surface area contributed by atoms with Gasteiger partial charge in [-0.05, 0) is 52.0 Å². The summed E-state index contributed by atoms with van der Waals surface area (Å²) in [4.78, 5) is 6.99. The average molecular weight is 398 g/mol. The monoisotopic (exact) mass is 397 g/mol. The molecule has 1 aliphatic rings. The van der Waals surface area contributed by atoms with E-state index in [0.717, 1.165) is 62.7 Å². The molecule has 29 heavy (non-hydrogen) atoms. The fourth-order valence-electron chi connectivity index (χ4n) is 4.12. The molecule has 1 saturated heterocycles. The Morgan fingerprint density at radius 3 is 2.72 bits per heavy atom. The molecule has 0 radical (unpaired) electrons. The van der Waals surface area contributed by atoms with Gasteiger partial charge in [-0.1, -0.05) is 35.5 Å². The molecule has 2 heterocycles. The Bertz CT molecular complexity index is 766. The molecule has 0 bridgehead atoms. The van der Waals surface area contributed by atoms with Crippen LogP contribution in [0.3, 0.4) is 0 Å². The van der Waals surface area contributed by atoms with Gasteiger partial charge >= 0.3 is 0 Å². The highest BCUT2D eigenvalue weighted by Crippen LogP contribution is 2.20. The molecule has 0 amide bonds. The van der Waals surface area contributed by atoms with Gasteiger partial charge in [0.15, 0.2) is 5.96 Å². The van der Waals surface area contributed by atoms with Crippen molar-refractivity contribution in [3.8, 4) is 0 Å². The summed E-state index contributed by atoms with van der Waals surface area (Å²) in [6, 6.07) is 11.8. The summed E-state index contributed by atoms with van der Waals surface area (Å²) in [6.07, 6.45) is 4.26. The summed E-state index contributed by atoms with van der Waals surface area (Å²) in [5, 5.41) is 11.1. The van der Waals surface area contributed by atoms with Gasteiger partial charge in [-0.25, -0.2) is 0 Å². The molecule has 0 spiro atoms. The number of aliphatic imine (C=N–C) groups is 1. The standard InChI is InChI=1S/C23H35N5O/c1-17-15-21(12-14-28(17)16-20-9-6-5-7-10-20)26-23(24-4)25-13-8-11-22-18(2)27-29-19(22)3/h5-7,9-10,17,21H,8,11-16H2,1-4H3,(H2,24,25,26). The molecule has 6 nitrogen and oxygen atoms in total. The van der Waals surface area contributed by atoms with E-state index in [2.05, 4.69) is 62.9 Å². The molecule has 2 unspecified atom stereocenters. The molecule has 2 aromatic rings. The zero-order chi connectivity index (χ0) is 20.6. The maximum Gasteiger partial charge on any atom is 0.191 e. The Morgan fingerprint density at radius 2 is 2.07 bits per heavy atom. The van der Waals surface area contributed by atoms with Crippen molar-refractivity contribution < 1.29 is 4.52 Å². The second-order valence-corrected chi connectivity index (χ2v) is 8.08. The Balaban J connectivity index is 1.40. The van der Waals surface area contributed by atoms with E-state index in [1.54, 1.807) is 0 Å². The van der Waals surface area contributed by atoms with E-state index >= 15 is 0 Å². The van der Waals surface area contributed by atoms with Crippen LogP contribution in [-0.2, 0) is 13.0 Å². The lowest BCUT2D eigenvalue weighted by atomic mass is 9.97. The number of nitrogens with zero attached hydrogens (tertiary/aromatic N) is 3. The fourth-order valence-corrected chi connectivity index (χ4v) is 4.12. The van der Waals surface area contributed by atoms with Gasteiger partial charge in [-0.3, -0.25) is 9.89 Å². The highest BCUT2D eigenvalue weighted by atomic mass is 16.5. The van der Waals surface area contributed by atoms with Crippen molar-refractivity contribution in [3.05, 3.63) is 52.9 Å². The molecule has 1 fully saturated rings. The lowest BCUT2D eigenvalue weighted by Gasteiger charge is -2.38. The van der Waals surface area contributed by atoms with Gasteiger partial charge in [-0.15, -0.1) is 0 Å². The van der Waals surface area contributed by atoms with E-state index in [0.29, 0.717) is 12.1 Å². The number of hydrogen-bond acceptors (Lipinski definition) is 4. The van der Waals surface area contributed by atoms with Gasteiger partial charge in [0.2, 0.25) is 0 Å². The lowest BCUT2D eigenvalue weighted by Crippen LogP contribution is -2.51. The Morgan fingerprint density at radius 1 is 1.28 bits per heavy atom. The molecule has 0 aliphatic carbocycles. The maximum absolute atomic E-state index is 5.24. The number of guanidine groups is 1. The van der Waals surface area contributed by atoms with Crippen LogP contribution in [0.15, 0.2) is 39.8 Å². The highest BCUT2D eigenvalue weighted by Gasteiger charge is 2.25. The molecular weight excluding hydrogens is 362 g/mol. The van der Waals surface area contributed by atoms with Crippen LogP contribution in [0.2, 0.25) is 0 Å². The van der Waals surface area contributed by atoms with Crippen LogP contribution in [0.25, 0.3) is 0 Å². The van der Waals surface area contributed by atoms with Gasteiger partial charge < -0.3 is 15.2 Å². The van der Waals surface area contributed by atoms with Gasteiger partial charge in [0.1, 0.15) is 5.76 Å². The van der Waals surface area contributed by atoms with Crippen LogP contribution in [0.4, 0.5) is 0 Å². The molecule has 158 valence electrons. The van der Waals surface area contributed by atoms with E-state index in [1.165, 1.54) is 11.1 Å². The molecule has 6 heteroatoms. The summed E-state index contributed by atoms with van der Waals surface area (Å²) in [6.45, 7) is 9.34. The number of aromatic nitrogens is 1. The van der Waals surface area contributed by atoms with Crippen LogP contribution < -0.4 is 10.6 Å². The van der Waals surface area contributed by atoms with Crippen LogP contribution in [0, 0.1) is 13.8 Å². The number of piperidine rings is 1. The first-order valence-electron chi connectivity index (χ1n) is 10.7. The zero-order valence-electron chi connectivity index (χ0n) is 18.2. The summed E-state index contributed by atoms with van der Waals surface area (Å²) in [5.74, 6) is 1.83. The maximum atomic E-state index is 5.24. The minimum atomic E-state index is 0.464. The second-order valence-electron chi connectivity index (χ2n) is 8.08. The smallest absolute Gasteiger partial charge is 0.191 e. The van der Waals surface area contributed by atoms with Crippen molar-refractivity contribution in [1.82, 2.24) is 20.7 Å². The Labute approximate surface area is 174 Å². The Kier molecular flexibility index (Phi) is 7.69. The second kappa shape index (κ2) is 10.4. The zero-order valence-corrected chi connectivity index (χ0v) is 18.2. The third-order valence-corrected chi connectivity index (χ3v) is 5.88. The first-order valence-corrected chi connectivity index (χ1v) is 10.7. The van der Waals surface area contributed by atoms with Gasteiger partial charge in [-0.2, -0.15) is 0 Å². The number of aryl methyl sites for hydroxylation is 2. The number of rotatable bonds is 7. The third-order valence-electron chi connectivity index (χ3n) is 5.88. The van der Waals surface area contributed by atoms with Crippen LogP contribution in [-0.4, -0.2) is 48.2 Å². The van der Waals surface area contributed by atoms with Crippen LogP contribution in [0.5, 0.6) is 0 Å². The third kappa shape index (κ3) is 6.07. The largest absolute Gasteiger partial charge is 0.361 e. The van der Waals surface area contributed by atoms with Crippen molar-refractivity contribution in [2.24, 2.45) is 4.99 Å². The van der Waals surface area contributed by atoms with Crippen molar-refractivity contribution in [2.75, 3.05) is 20.1 Å². The minimum absolute atomic E-state index is 0.464. The molecule has 2 atom stereocenters. The predicted molar refractivity (Wildman–Crippen MR) is 118 cm³/mol. The first kappa shape index (κ1) is 21.4. The topological polar surface area (TPSA) is 65.7 Å². The van der Waals surface area contributed by atoms with Gasteiger partial charge in [0.05, 0.1) is 5.69 Å². The van der Waals surface area contributed by atoms with Crippen LogP contribution in [0.1, 0.15) is 48.8 Å². The van der Waals surface area contributed by atoms with Crippen molar-refractivity contribution in [2.45, 2.75) is 65.1 Å². The molecule has 3 rings (SSSR count). The number of benzene rings is 1. The number of hydrogen-bond donors (Lipinski definition) is 2. The molecule has 1 aromatic heterocycles. The van der Waals surface area contributed by atoms with E-state index < -0.39 is 0 Å². The lowest BCUT2D eigenvalue weighted by molar-refractivity contribution is 0.134. The molecular formula is C23H35N5O. The molecule has 0 saturated carbocycles. The number of likely N-dealkylation sites (tertiary alicyclic amines) is 1. The minimum Gasteiger partial charge on any atom is -0.361 e. The Hall–Kier alpha value is -2.34. The average Bonchev–Trinajstić information content (AvgIpc) is 3.05. The summed E-state index contributed by atoms with van der Waals surface area (Å²) in [5.41, 5.74) is 3.62. The predicted octanol–water partition coefficient (Wildman–Crippen LogP) is 3.44. The molecule has 2 N–H and O–H groups in total. The summed E-state index contributed by atoms with van der Waals surface area (Å²) < 4.78 is 5.24. The molecule has 1 aliphatic heterocycles. The van der Waals surface area contributed by atoms with Crippen molar-refractivity contribution in [3.63, 3.8) is 0 Å². The fraction of sp³-hybridized carbons (Fsp3) is 0.565. The van der Waals surface area contributed by atoms with E-state index in [9.17, 15) is 0 Å². The summed E-state index contributed by atoms with van der Waals surface area (Å²) in [7, 11) is 1.84.